The Hall–Kier alpha value is -1.86. The summed E-state index contributed by atoms with van der Waals surface area (Å²) < 4.78 is 2.90. The summed E-state index contributed by atoms with van der Waals surface area (Å²) in [6.45, 7) is 6.90. The van der Waals surface area contributed by atoms with Gasteiger partial charge < -0.3 is 10.3 Å². The van der Waals surface area contributed by atoms with Gasteiger partial charge in [0, 0.05) is 26.7 Å². The second-order valence-corrected chi connectivity index (χ2v) is 9.19. The molecule has 0 fully saturated rings. The van der Waals surface area contributed by atoms with Gasteiger partial charge >= 0.3 is 0 Å². The molecule has 2 N–H and O–H groups in total. The van der Waals surface area contributed by atoms with Crippen LogP contribution >= 0.6 is 34.2 Å². The van der Waals surface area contributed by atoms with Crippen LogP contribution in [0.2, 0.25) is 5.02 Å². The number of rotatable bonds is 3. The van der Waals surface area contributed by atoms with E-state index in [2.05, 4.69) is 43.4 Å². The number of benzene rings is 2. The van der Waals surface area contributed by atoms with E-state index < -0.39 is 5.91 Å². The highest BCUT2D eigenvalue weighted by molar-refractivity contribution is 14.1. The first-order valence-electron chi connectivity index (χ1n) is 8.49. The second kappa shape index (κ2) is 7.28. The molecule has 0 spiro atoms. The number of primary amides is 1. The molecule has 3 aromatic rings. The molecule has 4 nitrogen and oxygen atoms in total. The van der Waals surface area contributed by atoms with Gasteiger partial charge in [0.25, 0.3) is 5.91 Å². The van der Waals surface area contributed by atoms with E-state index >= 15 is 0 Å². The molecule has 0 aliphatic carbocycles. The van der Waals surface area contributed by atoms with Crippen molar-refractivity contribution in [2.75, 3.05) is 0 Å². The van der Waals surface area contributed by atoms with Gasteiger partial charge in [-0.1, -0.05) is 44.5 Å². The minimum absolute atomic E-state index is 0.00391. The molecule has 140 valence electrons. The average Bonchev–Trinajstić information content (AvgIpc) is 2.57. The summed E-state index contributed by atoms with van der Waals surface area (Å²) in [5.74, 6) is -0.721. The molecule has 1 amide bonds. The van der Waals surface area contributed by atoms with E-state index in [0.29, 0.717) is 17.0 Å². The van der Waals surface area contributed by atoms with Crippen LogP contribution in [0.15, 0.2) is 47.4 Å². The van der Waals surface area contributed by atoms with Gasteiger partial charge in [0.2, 0.25) is 5.43 Å². The summed E-state index contributed by atoms with van der Waals surface area (Å²) in [4.78, 5) is 24.6. The number of hydrogen-bond donors (Lipinski definition) is 1. The Morgan fingerprint density at radius 1 is 1.19 bits per heavy atom. The van der Waals surface area contributed by atoms with Crippen molar-refractivity contribution in [1.82, 2.24) is 4.57 Å². The molecule has 0 radical (unpaired) electrons. The number of amides is 1. The first-order chi connectivity index (χ1) is 12.6. The number of pyridine rings is 1. The summed E-state index contributed by atoms with van der Waals surface area (Å²) in [7, 11) is 0. The van der Waals surface area contributed by atoms with E-state index in [-0.39, 0.29) is 16.4 Å². The highest BCUT2D eigenvalue weighted by Crippen LogP contribution is 2.30. The molecule has 0 saturated heterocycles. The van der Waals surface area contributed by atoms with Crippen LogP contribution in [-0.2, 0) is 12.0 Å². The standard InChI is InChI=1S/C21H20ClIN2O2/c1-21(2,3)16-9-18-14(8-17(16)23)19(26)15(20(24)27)11-25(18)10-12-4-6-13(22)7-5-12/h4-9,11H,10H2,1-3H3,(H2,24,27). The fourth-order valence-electron chi connectivity index (χ4n) is 3.08. The van der Waals surface area contributed by atoms with Gasteiger partial charge in [-0.05, 0) is 63.4 Å². The van der Waals surface area contributed by atoms with Crippen molar-refractivity contribution in [3.63, 3.8) is 0 Å². The molecule has 1 heterocycles. The number of nitrogens with zero attached hydrogens (tertiary/aromatic N) is 1. The Bertz CT molecular complexity index is 1100. The number of carbonyl (C=O) groups is 1. The number of nitrogens with two attached hydrogens (primary N) is 1. The molecule has 6 heteroatoms. The van der Waals surface area contributed by atoms with Crippen molar-refractivity contribution in [3.8, 4) is 0 Å². The van der Waals surface area contributed by atoms with Crippen molar-refractivity contribution in [2.24, 2.45) is 5.73 Å². The largest absolute Gasteiger partial charge is 0.365 e. The van der Waals surface area contributed by atoms with Gasteiger partial charge in [-0.2, -0.15) is 0 Å². The first-order valence-corrected chi connectivity index (χ1v) is 9.95. The molecule has 0 atom stereocenters. The van der Waals surface area contributed by atoms with Crippen molar-refractivity contribution < 1.29 is 4.79 Å². The maximum Gasteiger partial charge on any atom is 0.254 e. The van der Waals surface area contributed by atoms with Crippen molar-refractivity contribution in [3.05, 3.63) is 78.1 Å². The molecule has 27 heavy (non-hydrogen) atoms. The number of hydrogen-bond acceptors (Lipinski definition) is 2. The molecular weight excluding hydrogens is 475 g/mol. The molecule has 3 rings (SSSR count). The monoisotopic (exact) mass is 494 g/mol. The SMILES string of the molecule is CC(C)(C)c1cc2c(cc1I)c(=O)c(C(N)=O)cn2Cc1ccc(Cl)cc1. The lowest BCUT2D eigenvalue weighted by atomic mass is 9.86. The van der Waals surface area contributed by atoms with Crippen LogP contribution in [0.1, 0.15) is 42.3 Å². The van der Waals surface area contributed by atoms with Crippen molar-refractivity contribution >= 4 is 51.0 Å². The molecule has 0 unspecified atom stereocenters. The van der Waals surface area contributed by atoms with E-state index in [0.717, 1.165) is 20.2 Å². The van der Waals surface area contributed by atoms with Gasteiger partial charge in [0.15, 0.2) is 0 Å². The van der Waals surface area contributed by atoms with Gasteiger partial charge in [-0.3, -0.25) is 9.59 Å². The highest BCUT2D eigenvalue weighted by atomic mass is 127. The summed E-state index contributed by atoms with van der Waals surface area (Å²) in [6.07, 6.45) is 1.56. The molecule has 0 aliphatic rings. The van der Waals surface area contributed by atoms with Crippen LogP contribution in [-0.4, -0.2) is 10.5 Å². The predicted octanol–water partition coefficient (Wildman–Crippen LogP) is 4.70. The highest BCUT2D eigenvalue weighted by Gasteiger charge is 2.21. The molecule has 2 aromatic carbocycles. The second-order valence-electron chi connectivity index (χ2n) is 7.59. The van der Waals surface area contributed by atoms with Crippen LogP contribution in [0.5, 0.6) is 0 Å². The maximum atomic E-state index is 12.8. The van der Waals surface area contributed by atoms with Gasteiger partial charge in [0.1, 0.15) is 5.56 Å². The Morgan fingerprint density at radius 2 is 1.81 bits per heavy atom. The van der Waals surface area contributed by atoms with E-state index in [1.54, 1.807) is 6.20 Å². The minimum atomic E-state index is -0.721. The van der Waals surface area contributed by atoms with Gasteiger partial charge in [-0.25, -0.2) is 0 Å². The topological polar surface area (TPSA) is 65.1 Å². The smallest absolute Gasteiger partial charge is 0.254 e. The van der Waals surface area contributed by atoms with E-state index in [1.807, 2.05) is 41.0 Å². The number of carbonyl (C=O) groups excluding carboxylic acids is 1. The third-order valence-corrected chi connectivity index (χ3v) is 5.65. The van der Waals surface area contributed by atoms with Gasteiger partial charge in [0.05, 0.1) is 5.52 Å². The van der Waals surface area contributed by atoms with Crippen molar-refractivity contribution in [2.45, 2.75) is 32.7 Å². The predicted molar refractivity (Wildman–Crippen MR) is 119 cm³/mol. The van der Waals surface area contributed by atoms with Crippen LogP contribution in [0.25, 0.3) is 10.9 Å². The zero-order chi connectivity index (χ0) is 19.9. The number of aromatic nitrogens is 1. The van der Waals surface area contributed by atoms with Crippen molar-refractivity contribution in [1.29, 1.82) is 0 Å². The normalized spacial score (nSPS) is 11.7. The van der Waals surface area contributed by atoms with Crippen LogP contribution in [0.3, 0.4) is 0 Å². The molecular formula is C21H20ClIN2O2. The van der Waals surface area contributed by atoms with Crippen LogP contribution < -0.4 is 11.2 Å². The molecule has 1 aromatic heterocycles. The minimum Gasteiger partial charge on any atom is -0.365 e. The molecule has 0 bridgehead atoms. The zero-order valence-electron chi connectivity index (χ0n) is 15.3. The Kier molecular flexibility index (Phi) is 5.36. The Morgan fingerprint density at radius 3 is 2.37 bits per heavy atom. The van der Waals surface area contributed by atoms with Crippen LogP contribution in [0, 0.1) is 3.57 Å². The van der Waals surface area contributed by atoms with Gasteiger partial charge in [-0.15, -0.1) is 0 Å². The summed E-state index contributed by atoms with van der Waals surface area (Å²) >= 11 is 8.21. The third kappa shape index (κ3) is 4.04. The fourth-order valence-corrected chi connectivity index (χ4v) is 4.48. The Balaban J connectivity index is 2.31. The van der Waals surface area contributed by atoms with E-state index in [1.165, 1.54) is 0 Å². The first kappa shape index (κ1) is 19.9. The maximum absolute atomic E-state index is 12.8. The summed E-state index contributed by atoms with van der Waals surface area (Å²) in [6, 6.07) is 11.4. The van der Waals surface area contributed by atoms with Crippen LogP contribution in [0.4, 0.5) is 0 Å². The number of halogens is 2. The zero-order valence-corrected chi connectivity index (χ0v) is 18.3. The lowest BCUT2D eigenvalue weighted by Gasteiger charge is -2.23. The van der Waals surface area contributed by atoms with E-state index in [4.69, 9.17) is 17.3 Å². The quantitative estimate of drug-likeness (QED) is 0.536. The lowest BCUT2D eigenvalue weighted by Crippen LogP contribution is -2.25. The fraction of sp³-hybridized carbons (Fsp3) is 0.238. The lowest BCUT2D eigenvalue weighted by molar-refractivity contribution is 0.0999. The summed E-state index contributed by atoms with van der Waals surface area (Å²) in [5.41, 5.74) is 7.98. The van der Waals surface area contributed by atoms with E-state index in [9.17, 15) is 9.59 Å². The third-order valence-electron chi connectivity index (χ3n) is 4.51. The summed E-state index contributed by atoms with van der Waals surface area (Å²) in [5, 5.41) is 1.16. The average molecular weight is 495 g/mol. The number of fused-ring (bicyclic) bond motifs is 1. The molecule has 0 aliphatic heterocycles. The molecule has 0 saturated carbocycles. The Labute approximate surface area is 176 Å².